The molecular weight excluding hydrogens is 366 g/mol. The second kappa shape index (κ2) is 7.38. The highest BCUT2D eigenvalue weighted by Gasteiger charge is 2.28. The minimum Gasteiger partial charge on any atom is -0.435 e. The number of carbonyl (C=O) groups excluding carboxylic acids is 1. The van der Waals surface area contributed by atoms with E-state index in [0.717, 1.165) is 12.8 Å². The lowest BCUT2D eigenvalue weighted by atomic mass is 10.2. The van der Waals surface area contributed by atoms with Gasteiger partial charge in [0.25, 0.3) is 5.91 Å². The SMILES string of the molecule is O=C(Nc1cccc(S(=O)(=O)NC2CC2)c1)c1cccc(OC(F)F)c1. The van der Waals surface area contributed by atoms with Gasteiger partial charge >= 0.3 is 6.61 Å². The number of carbonyl (C=O) groups is 1. The summed E-state index contributed by atoms with van der Waals surface area (Å²) >= 11 is 0. The molecule has 0 heterocycles. The Morgan fingerprint density at radius 3 is 2.54 bits per heavy atom. The highest BCUT2D eigenvalue weighted by Crippen LogP contribution is 2.24. The van der Waals surface area contributed by atoms with Gasteiger partial charge in [0.2, 0.25) is 10.0 Å². The van der Waals surface area contributed by atoms with Crippen molar-refractivity contribution in [3.8, 4) is 5.75 Å². The summed E-state index contributed by atoms with van der Waals surface area (Å²) in [4.78, 5) is 12.3. The largest absolute Gasteiger partial charge is 0.435 e. The number of hydrogen-bond acceptors (Lipinski definition) is 4. The maximum absolute atomic E-state index is 12.3. The van der Waals surface area contributed by atoms with Crippen LogP contribution in [0, 0.1) is 0 Å². The maximum Gasteiger partial charge on any atom is 0.387 e. The number of sulfonamides is 1. The van der Waals surface area contributed by atoms with Crippen LogP contribution in [-0.2, 0) is 10.0 Å². The molecule has 1 aliphatic rings. The van der Waals surface area contributed by atoms with E-state index in [4.69, 9.17) is 0 Å². The summed E-state index contributed by atoms with van der Waals surface area (Å²) in [6, 6.07) is 11.1. The van der Waals surface area contributed by atoms with Gasteiger partial charge in [-0.05, 0) is 49.2 Å². The number of rotatable bonds is 7. The quantitative estimate of drug-likeness (QED) is 0.771. The molecule has 0 atom stereocenters. The Kier molecular flexibility index (Phi) is 5.19. The van der Waals surface area contributed by atoms with Crippen LogP contribution in [0.4, 0.5) is 14.5 Å². The zero-order valence-electron chi connectivity index (χ0n) is 13.5. The molecule has 1 fully saturated rings. The van der Waals surface area contributed by atoms with Crippen molar-refractivity contribution in [2.45, 2.75) is 30.4 Å². The lowest BCUT2D eigenvalue weighted by Crippen LogP contribution is -2.25. The molecule has 0 radical (unpaired) electrons. The van der Waals surface area contributed by atoms with Crippen LogP contribution in [-0.4, -0.2) is 27.0 Å². The summed E-state index contributed by atoms with van der Waals surface area (Å²) in [6.07, 6.45) is 1.62. The van der Waals surface area contributed by atoms with E-state index in [1.54, 1.807) is 0 Å². The molecule has 26 heavy (non-hydrogen) atoms. The van der Waals surface area contributed by atoms with Crippen molar-refractivity contribution >= 4 is 21.6 Å². The van der Waals surface area contributed by atoms with E-state index in [0.29, 0.717) is 0 Å². The molecule has 2 N–H and O–H groups in total. The van der Waals surface area contributed by atoms with Gasteiger partial charge in [0.1, 0.15) is 5.75 Å². The Labute approximate surface area is 149 Å². The van der Waals surface area contributed by atoms with Gasteiger partial charge in [-0.3, -0.25) is 4.79 Å². The molecule has 6 nitrogen and oxygen atoms in total. The van der Waals surface area contributed by atoms with Gasteiger partial charge in [0.15, 0.2) is 0 Å². The van der Waals surface area contributed by atoms with Gasteiger partial charge in [-0.15, -0.1) is 0 Å². The Bertz CT molecular complexity index is 914. The predicted octanol–water partition coefficient (Wildman–Crippen LogP) is 2.98. The van der Waals surface area contributed by atoms with E-state index in [-0.39, 0.29) is 27.9 Å². The summed E-state index contributed by atoms with van der Waals surface area (Å²) in [5.41, 5.74) is 0.376. The normalized spacial score (nSPS) is 14.3. The van der Waals surface area contributed by atoms with Crippen molar-refractivity contribution in [3.05, 3.63) is 54.1 Å². The second-order valence-corrected chi connectivity index (χ2v) is 7.50. The Hall–Kier alpha value is -2.52. The first-order chi connectivity index (χ1) is 12.3. The number of benzene rings is 2. The number of alkyl halides is 2. The van der Waals surface area contributed by atoms with Crippen LogP contribution in [0.5, 0.6) is 5.75 Å². The Morgan fingerprint density at radius 2 is 1.85 bits per heavy atom. The van der Waals surface area contributed by atoms with Crippen molar-refractivity contribution < 1.29 is 26.7 Å². The van der Waals surface area contributed by atoms with E-state index in [9.17, 15) is 22.0 Å². The molecule has 0 aliphatic heterocycles. The molecule has 1 aliphatic carbocycles. The van der Waals surface area contributed by atoms with E-state index in [1.807, 2.05) is 0 Å². The Morgan fingerprint density at radius 1 is 1.12 bits per heavy atom. The van der Waals surface area contributed by atoms with Gasteiger partial charge in [0, 0.05) is 17.3 Å². The van der Waals surface area contributed by atoms with Crippen molar-refractivity contribution in [1.29, 1.82) is 0 Å². The standard InChI is InChI=1S/C17H16F2N2O4S/c18-17(19)25-14-5-1-3-11(9-14)16(22)20-13-4-2-6-15(10-13)26(23,24)21-12-7-8-12/h1-6,9-10,12,17,21H,7-8H2,(H,20,22). The third-order valence-corrected chi connectivity index (χ3v) is 5.14. The minimum absolute atomic E-state index is 0.0316. The fraction of sp³-hybridized carbons (Fsp3) is 0.235. The van der Waals surface area contributed by atoms with E-state index in [2.05, 4.69) is 14.8 Å². The third-order valence-electron chi connectivity index (χ3n) is 3.62. The maximum atomic E-state index is 12.3. The first-order valence-electron chi connectivity index (χ1n) is 7.82. The third kappa shape index (κ3) is 4.77. The van der Waals surface area contributed by atoms with Gasteiger partial charge < -0.3 is 10.1 Å². The van der Waals surface area contributed by atoms with Crippen molar-refractivity contribution in [2.75, 3.05) is 5.32 Å². The van der Waals surface area contributed by atoms with Crippen LogP contribution in [0.1, 0.15) is 23.2 Å². The van der Waals surface area contributed by atoms with E-state index in [1.165, 1.54) is 48.5 Å². The highest BCUT2D eigenvalue weighted by molar-refractivity contribution is 7.89. The van der Waals surface area contributed by atoms with Crippen molar-refractivity contribution in [3.63, 3.8) is 0 Å². The number of nitrogens with one attached hydrogen (secondary N) is 2. The predicted molar refractivity (Wildman–Crippen MR) is 90.8 cm³/mol. The minimum atomic E-state index is -3.64. The molecule has 138 valence electrons. The molecule has 0 unspecified atom stereocenters. The van der Waals surface area contributed by atoms with Gasteiger partial charge in [-0.25, -0.2) is 13.1 Å². The highest BCUT2D eigenvalue weighted by atomic mass is 32.2. The number of halogens is 2. The summed E-state index contributed by atoms with van der Waals surface area (Å²) in [7, 11) is -3.64. The summed E-state index contributed by atoms with van der Waals surface area (Å²) < 4.78 is 55.8. The van der Waals surface area contributed by atoms with Crippen molar-refractivity contribution in [1.82, 2.24) is 4.72 Å². The number of hydrogen-bond donors (Lipinski definition) is 2. The fourth-order valence-corrected chi connectivity index (χ4v) is 3.60. The monoisotopic (exact) mass is 382 g/mol. The van der Waals surface area contributed by atoms with Crippen LogP contribution in [0.15, 0.2) is 53.4 Å². The Balaban J connectivity index is 1.74. The van der Waals surface area contributed by atoms with Gasteiger partial charge in [0.05, 0.1) is 4.90 Å². The molecule has 2 aromatic rings. The lowest BCUT2D eigenvalue weighted by molar-refractivity contribution is -0.0498. The van der Waals surface area contributed by atoms with Crippen molar-refractivity contribution in [2.24, 2.45) is 0 Å². The summed E-state index contributed by atoms with van der Waals surface area (Å²) in [5.74, 6) is -0.716. The number of ether oxygens (including phenoxy) is 1. The number of anilines is 1. The number of amides is 1. The zero-order chi connectivity index (χ0) is 18.7. The smallest absolute Gasteiger partial charge is 0.387 e. The molecule has 0 saturated heterocycles. The van der Waals surface area contributed by atoms with E-state index < -0.39 is 22.5 Å². The lowest BCUT2D eigenvalue weighted by Gasteiger charge is -2.10. The van der Waals surface area contributed by atoms with Crippen LogP contribution in [0.2, 0.25) is 0 Å². The topological polar surface area (TPSA) is 84.5 Å². The molecule has 0 aromatic heterocycles. The van der Waals surface area contributed by atoms with Crippen LogP contribution in [0.3, 0.4) is 0 Å². The van der Waals surface area contributed by atoms with Crippen LogP contribution in [0.25, 0.3) is 0 Å². The fourth-order valence-electron chi connectivity index (χ4n) is 2.25. The van der Waals surface area contributed by atoms with E-state index >= 15 is 0 Å². The van der Waals surface area contributed by atoms with Crippen LogP contribution < -0.4 is 14.8 Å². The summed E-state index contributed by atoms with van der Waals surface area (Å²) in [5, 5.41) is 2.55. The first kappa shape index (κ1) is 18.3. The van der Waals surface area contributed by atoms with Gasteiger partial charge in [-0.1, -0.05) is 12.1 Å². The first-order valence-corrected chi connectivity index (χ1v) is 9.30. The molecule has 1 amide bonds. The average molecular weight is 382 g/mol. The molecular formula is C17H16F2N2O4S. The van der Waals surface area contributed by atoms with Crippen LogP contribution >= 0.6 is 0 Å². The molecule has 9 heteroatoms. The summed E-state index contributed by atoms with van der Waals surface area (Å²) in [6.45, 7) is -2.99. The average Bonchev–Trinajstić information content (AvgIpc) is 3.38. The molecule has 0 bridgehead atoms. The molecule has 0 spiro atoms. The van der Waals surface area contributed by atoms with Gasteiger partial charge in [-0.2, -0.15) is 8.78 Å². The molecule has 2 aromatic carbocycles. The molecule has 1 saturated carbocycles. The second-order valence-electron chi connectivity index (χ2n) is 5.78. The zero-order valence-corrected chi connectivity index (χ0v) is 14.3. The molecule has 3 rings (SSSR count).